The van der Waals surface area contributed by atoms with E-state index in [1.807, 2.05) is 20.8 Å². The number of hydrogen-bond acceptors (Lipinski definition) is 7. The normalized spacial score (nSPS) is 15.4. The number of guanidine groups is 2. The van der Waals surface area contributed by atoms with E-state index in [1.165, 1.54) is 0 Å². The van der Waals surface area contributed by atoms with Crippen LogP contribution in [0.15, 0.2) is 9.98 Å². The Balaban J connectivity index is 5.72. The maximum Gasteiger partial charge on any atom is 0.326 e. The molecule has 0 aliphatic carbocycles. The Morgan fingerprint density at radius 3 is 1.62 bits per heavy atom. The Morgan fingerprint density at radius 1 is 0.718 bits per heavy atom. The predicted octanol–water partition coefficient (Wildman–Crippen LogP) is -1.95. The van der Waals surface area contributed by atoms with Gasteiger partial charge >= 0.3 is 5.97 Å². The molecule has 0 spiro atoms. The second-order valence-electron chi connectivity index (χ2n) is 9.64. The van der Waals surface area contributed by atoms with E-state index in [0.29, 0.717) is 25.7 Å². The predicted molar refractivity (Wildman–Crippen MR) is 150 cm³/mol. The van der Waals surface area contributed by atoms with Crippen molar-refractivity contribution in [3.05, 3.63) is 0 Å². The number of carbonyl (C=O) groups is 4. The third-order valence-corrected chi connectivity index (χ3v) is 6.49. The lowest BCUT2D eigenvalue weighted by Crippen LogP contribution is -2.59. The number of nitrogens with one attached hydrogen (secondary N) is 3. The Labute approximate surface area is 230 Å². The first-order valence-electron chi connectivity index (χ1n) is 13.2. The van der Waals surface area contributed by atoms with Crippen molar-refractivity contribution in [3.8, 4) is 0 Å². The molecular weight excluding hydrogens is 508 g/mol. The topological polar surface area (TPSA) is 279 Å². The molecule has 15 nitrogen and oxygen atoms in total. The third kappa shape index (κ3) is 14.2. The summed E-state index contributed by atoms with van der Waals surface area (Å²) in [5.74, 6) is -3.62. The smallest absolute Gasteiger partial charge is 0.326 e. The van der Waals surface area contributed by atoms with Crippen LogP contribution in [0.2, 0.25) is 0 Å². The number of aliphatic imine (C=N–C) groups is 2. The number of carbonyl (C=O) groups excluding carboxylic acids is 3. The Morgan fingerprint density at radius 2 is 1.18 bits per heavy atom. The molecule has 224 valence electrons. The van der Waals surface area contributed by atoms with E-state index in [2.05, 4.69) is 25.9 Å². The molecule has 0 aromatic carbocycles. The molecule has 0 aliphatic rings. The molecule has 14 N–H and O–H groups in total. The lowest BCUT2D eigenvalue weighted by molar-refractivity contribution is -0.142. The zero-order valence-corrected chi connectivity index (χ0v) is 23.5. The van der Waals surface area contributed by atoms with Gasteiger partial charge in [0, 0.05) is 13.1 Å². The number of carboxylic acids is 1. The van der Waals surface area contributed by atoms with Crippen molar-refractivity contribution in [1.82, 2.24) is 16.0 Å². The first kappa shape index (κ1) is 35.4. The molecule has 0 saturated carbocycles. The fourth-order valence-electron chi connectivity index (χ4n) is 3.53. The van der Waals surface area contributed by atoms with Crippen LogP contribution in [0, 0.1) is 11.8 Å². The average molecular weight is 557 g/mol. The Kier molecular flexibility index (Phi) is 16.9. The second kappa shape index (κ2) is 18.6. The molecule has 0 aromatic rings. The van der Waals surface area contributed by atoms with Crippen LogP contribution in [-0.4, -0.2) is 78.0 Å². The molecule has 0 aliphatic heterocycles. The third-order valence-electron chi connectivity index (χ3n) is 6.49. The highest BCUT2D eigenvalue weighted by Crippen LogP contribution is 2.12. The second-order valence-corrected chi connectivity index (χ2v) is 9.64. The van der Waals surface area contributed by atoms with Crippen LogP contribution in [0.1, 0.15) is 66.2 Å². The van der Waals surface area contributed by atoms with Crippen LogP contribution in [0.25, 0.3) is 0 Å². The van der Waals surface area contributed by atoms with E-state index < -0.39 is 47.9 Å². The molecule has 15 heteroatoms. The molecule has 3 amide bonds. The standard InChI is InChI=1S/C24H48N10O5/c1-5-13(3)17(25)20(36)34-18(14(4)6-2)21(37)32-15(9-7-11-30-23(26)27)19(35)33-16(22(38)39)10-8-12-31-24(28)29/h13-18H,5-12,25H2,1-4H3,(H,32,37)(H,33,35)(H,34,36)(H,38,39)(H4,26,27,30)(H4,28,29,31). The van der Waals surface area contributed by atoms with E-state index >= 15 is 0 Å². The maximum absolute atomic E-state index is 13.3. The lowest BCUT2D eigenvalue weighted by atomic mass is 9.95. The molecule has 0 rings (SSSR count). The van der Waals surface area contributed by atoms with Crippen molar-refractivity contribution in [2.75, 3.05) is 13.1 Å². The van der Waals surface area contributed by atoms with Gasteiger partial charge in [0.15, 0.2) is 11.9 Å². The van der Waals surface area contributed by atoms with Crippen LogP contribution in [-0.2, 0) is 19.2 Å². The van der Waals surface area contributed by atoms with Crippen molar-refractivity contribution in [2.24, 2.45) is 50.5 Å². The average Bonchev–Trinajstić information content (AvgIpc) is 2.88. The largest absolute Gasteiger partial charge is 0.480 e. The van der Waals surface area contributed by atoms with Gasteiger partial charge < -0.3 is 49.7 Å². The molecule has 0 bridgehead atoms. The van der Waals surface area contributed by atoms with E-state index in [-0.39, 0.29) is 49.7 Å². The van der Waals surface area contributed by atoms with Crippen LogP contribution < -0.4 is 44.6 Å². The highest BCUT2D eigenvalue weighted by molar-refractivity contribution is 5.94. The molecule has 0 fully saturated rings. The summed E-state index contributed by atoms with van der Waals surface area (Å²) in [6.45, 7) is 7.80. The van der Waals surface area contributed by atoms with Crippen molar-refractivity contribution in [3.63, 3.8) is 0 Å². The molecule has 0 radical (unpaired) electrons. The zero-order chi connectivity index (χ0) is 30.1. The lowest BCUT2D eigenvalue weighted by Gasteiger charge is -2.28. The van der Waals surface area contributed by atoms with Gasteiger partial charge in [-0.15, -0.1) is 0 Å². The van der Waals surface area contributed by atoms with Gasteiger partial charge in [-0.05, 0) is 37.5 Å². The summed E-state index contributed by atoms with van der Waals surface area (Å²) in [6.07, 6.45) is 2.04. The highest BCUT2D eigenvalue weighted by Gasteiger charge is 2.33. The fraction of sp³-hybridized carbons (Fsp3) is 0.750. The quantitative estimate of drug-likeness (QED) is 0.0481. The number of hydrogen-bond donors (Lipinski definition) is 9. The first-order valence-corrected chi connectivity index (χ1v) is 13.2. The molecular formula is C24H48N10O5. The first-order chi connectivity index (χ1) is 18.2. The van der Waals surface area contributed by atoms with Crippen molar-refractivity contribution in [1.29, 1.82) is 0 Å². The van der Waals surface area contributed by atoms with Crippen molar-refractivity contribution >= 4 is 35.6 Å². The minimum absolute atomic E-state index is 0.0611. The summed E-state index contributed by atoms with van der Waals surface area (Å²) in [4.78, 5) is 58.6. The highest BCUT2D eigenvalue weighted by atomic mass is 16.4. The van der Waals surface area contributed by atoms with E-state index in [9.17, 15) is 24.3 Å². The van der Waals surface area contributed by atoms with Crippen LogP contribution in [0.3, 0.4) is 0 Å². The van der Waals surface area contributed by atoms with Gasteiger partial charge in [0.1, 0.15) is 18.1 Å². The summed E-state index contributed by atoms with van der Waals surface area (Å²) in [5.41, 5.74) is 27.3. The monoisotopic (exact) mass is 556 g/mol. The Hall–Kier alpha value is -3.62. The molecule has 6 unspecified atom stereocenters. The number of aliphatic carboxylic acids is 1. The van der Waals surface area contributed by atoms with Crippen LogP contribution in [0.5, 0.6) is 0 Å². The number of nitrogens with zero attached hydrogens (tertiary/aromatic N) is 2. The summed E-state index contributed by atoms with van der Waals surface area (Å²) < 4.78 is 0. The number of carboxylic acid groups (broad SMARTS) is 1. The van der Waals surface area contributed by atoms with E-state index in [1.54, 1.807) is 6.92 Å². The van der Waals surface area contributed by atoms with Gasteiger partial charge in [-0.3, -0.25) is 24.4 Å². The van der Waals surface area contributed by atoms with Crippen LogP contribution in [0.4, 0.5) is 0 Å². The van der Waals surface area contributed by atoms with Gasteiger partial charge in [0.2, 0.25) is 17.7 Å². The molecule has 0 heterocycles. The van der Waals surface area contributed by atoms with Crippen LogP contribution >= 0.6 is 0 Å². The summed E-state index contributed by atoms with van der Waals surface area (Å²) in [6, 6.07) is -4.11. The van der Waals surface area contributed by atoms with Gasteiger partial charge in [-0.2, -0.15) is 0 Å². The number of nitrogens with two attached hydrogens (primary N) is 5. The summed E-state index contributed by atoms with van der Waals surface area (Å²) in [7, 11) is 0. The van der Waals surface area contributed by atoms with Gasteiger partial charge in [-0.1, -0.05) is 40.5 Å². The summed E-state index contributed by atoms with van der Waals surface area (Å²) in [5, 5.41) is 17.4. The summed E-state index contributed by atoms with van der Waals surface area (Å²) >= 11 is 0. The Bertz CT molecular complexity index is 858. The zero-order valence-electron chi connectivity index (χ0n) is 23.5. The fourth-order valence-corrected chi connectivity index (χ4v) is 3.53. The van der Waals surface area contributed by atoms with Crippen molar-refractivity contribution < 1.29 is 24.3 Å². The SMILES string of the molecule is CCC(C)C(N)C(=O)NC(C(=O)NC(CCCN=C(N)N)C(=O)NC(CCCN=C(N)N)C(=O)O)C(C)CC. The molecule has 6 atom stereocenters. The molecule has 0 aromatic heterocycles. The minimum Gasteiger partial charge on any atom is -0.480 e. The van der Waals surface area contributed by atoms with Gasteiger partial charge in [0.25, 0.3) is 0 Å². The van der Waals surface area contributed by atoms with E-state index in [4.69, 9.17) is 28.7 Å². The van der Waals surface area contributed by atoms with Gasteiger partial charge in [0.05, 0.1) is 6.04 Å². The van der Waals surface area contributed by atoms with E-state index in [0.717, 1.165) is 0 Å². The van der Waals surface area contributed by atoms with Crippen molar-refractivity contribution in [2.45, 2.75) is 90.4 Å². The maximum atomic E-state index is 13.3. The molecule has 39 heavy (non-hydrogen) atoms. The molecule has 0 saturated heterocycles. The number of amides is 3. The minimum atomic E-state index is -1.25. The van der Waals surface area contributed by atoms with Gasteiger partial charge in [-0.25, -0.2) is 4.79 Å². The number of rotatable bonds is 19.